The molecular formula is C14H13NO3S2. The summed E-state index contributed by atoms with van der Waals surface area (Å²) >= 11 is 3.03. The number of hydrogen-bond donors (Lipinski definition) is 1. The van der Waals surface area contributed by atoms with E-state index in [4.69, 9.17) is 5.11 Å². The molecule has 2 rings (SSSR count). The molecule has 2 aromatic rings. The summed E-state index contributed by atoms with van der Waals surface area (Å²) in [4.78, 5) is 24.7. The number of thioether (sulfide) groups is 1. The highest BCUT2D eigenvalue weighted by Crippen LogP contribution is 2.25. The maximum absolute atomic E-state index is 12.1. The highest BCUT2D eigenvalue weighted by molar-refractivity contribution is 8.01. The number of hydrogen-bond acceptors (Lipinski definition) is 4. The van der Waals surface area contributed by atoms with E-state index in [1.54, 1.807) is 36.6 Å². The molecule has 1 amide bonds. The van der Waals surface area contributed by atoms with Crippen LogP contribution in [0.3, 0.4) is 0 Å². The molecule has 1 N–H and O–H groups in total. The van der Waals surface area contributed by atoms with Crippen LogP contribution in [0.25, 0.3) is 0 Å². The van der Waals surface area contributed by atoms with Gasteiger partial charge in [-0.05, 0) is 23.6 Å². The van der Waals surface area contributed by atoms with Gasteiger partial charge < -0.3 is 10.0 Å². The lowest BCUT2D eigenvalue weighted by Gasteiger charge is -2.18. The summed E-state index contributed by atoms with van der Waals surface area (Å²) in [7, 11) is 1.60. The van der Waals surface area contributed by atoms with Crippen molar-refractivity contribution in [1.29, 1.82) is 0 Å². The van der Waals surface area contributed by atoms with Gasteiger partial charge in [0.2, 0.25) is 5.91 Å². The Morgan fingerprint density at radius 1 is 1.25 bits per heavy atom. The topological polar surface area (TPSA) is 57.6 Å². The zero-order valence-corrected chi connectivity index (χ0v) is 12.4. The van der Waals surface area contributed by atoms with E-state index < -0.39 is 5.97 Å². The van der Waals surface area contributed by atoms with Crippen LogP contribution >= 0.6 is 23.1 Å². The van der Waals surface area contributed by atoms with Gasteiger partial charge in [-0.1, -0.05) is 18.2 Å². The number of aromatic carboxylic acids is 1. The molecule has 104 valence electrons. The molecule has 0 bridgehead atoms. The highest BCUT2D eigenvalue weighted by atomic mass is 32.2. The summed E-state index contributed by atoms with van der Waals surface area (Å²) in [6, 6.07) is 10.4. The molecule has 20 heavy (non-hydrogen) atoms. The zero-order chi connectivity index (χ0) is 14.5. The molecule has 0 saturated carbocycles. The van der Waals surface area contributed by atoms with Crippen molar-refractivity contribution >= 4 is 40.7 Å². The predicted octanol–water partition coefficient (Wildman–Crippen LogP) is 3.20. The van der Waals surface area contributed by atoms with Crippen molar-refractivity contribution in [2.75, 3.05) is 17.7 Å². The Labute approximate surface area is 125 Å². The average molecular weight is 307 g/mol. The van der Waals surface area contributed by atoms with E-state index in [1.165, 1.54) is 22.7 Å². The Morgan fingerprint density at radius 2 is 2.00 bits per heavy atom. The van der Waals surface area contributed by atoms with E-state index in [1.807, 2.05) is 17.5 Å². The minimum atomic E-state index is -1.04. The lowest BCUT2D eigenvalue weighted by Crippen LogP contribution is -2.29. The standard InChI is InChI=1S/C14H13NO3S2/c1-15(11-6-3-2-5-10(11)14(17)18)12(16)9-20-13-7-4-8-19-13/h2-8H,9H2,1H3,(H,17,18). The fourth-order valence-electron chi connectivity index (χ4n) is 1.66. The SMILES string of the molecule is CN(C(=O)CSc1cccs1)c1ccccc1C(=O)O. The van der Waals surface area contributed by atoms with E-state index in [0.717, 1.165) is 4.21 Å². The molecular weight excluding hydrogens is 294 g/mol. The first-order chi connectivity index (χ1) is 9.59. The van der Waals surface area contributed by atoms with Crippen molar-refractivity contribution in [3.05, 3.63) is 47.3 Å². The summed E-state index contributed by atoms with van der Waals surface area (Å²) < 4.78 is 1.07. The van der Waals surface area contributed by atoms with E-state index in [-0.39, 0.29) is 17.2 Å². The number of carboxylic acids is 1. The second kappa shape index (κ2) is 6.58. The molecule has 0 atom stereocenters. The van der Waals surface area contributed by atoms with Crippen molar-refractivity contribution in [2.24, 2.45) is 0 Å². The van der Waals surface area contributed by atoms with Gasteiger partial charge in [0.1, 0.15) is 0 Å². The number of carbonyl (C=O) groups is 2. The van der Waals surface area contributed by atoms with Crippen LogP contribution in [0.1, 0.15) is 10.4 Å². The first-order valence-electron chi connectivity index (χ1n) is 5.85. The first-order valence-corrected chi connectivity index (χ1v) is 7.71. The van der Waals surface area contributed by atoms with Crippen LogP contribution in [0, 0.1) is 0 Å². The average Bonchev–Trinajstić information content (AvgIpc) is 2.97. The van der Waals surface area contributed by atoms with Crippen molar-refractivity contribution in [1.82, 2.24) is 0 Å². The highest BCUT2D eigenvalue weighted by Gasteiger charge is 2.17. The fraction of sp³-hybridized carbons (Fsp3) is 0.143. The number of nitrogens with zero attached hydrogens (tertiary/aromatic N) is 1. The maximum Gasteiger partial charge on any atom is 0.337 e. The van der Waals surface area contributed by atoms with Gasteiger partial charge in [0, 0.05) is 7.05 Å². The molecule has 4 nitrogen and oxygen atoms in total. The maximum atomic E-state index is 12.1. The van der Waals surface area contributed by atoms with Gasteiger partial charge in [-0.25, -0.2) is 4.79 Å². The molecule has 0 aliphatic carbocycles. The van der Waals surface area contributed by atoms with Crippen molar-refractivity contribution in [3.63, 3.8) is 0 Å². The van der Waals surface area contributed by atoms with Crippen LogP contribution in [0.2, 0.25) is 0 Å². The number of carboxylic acid groups (broad SMARTS) is 1. The number of carbonyl (C=O) groups excluding carboxylic acids is 1. The molecule has 6 heteroatoms. The largest absolute Gasteiger partial charge is 0.478 e. The van der Waals surface area contributed by atoms with Crippen LogP contribution in [0.4, 0.5) is 5.69 Å². The predicted molar refractivity (Wildman–Crippen MR) is 81.9 cm³/mol. The smallest absolute Gasteiger partial charge is 0.337 e. The number of benzene rings is 1. The van der Waals surface area contributed by atoms with E-state index in [9.17, 15) is 9.59 Å². The Balaban J connectivity index is 2.08. The molecule has 1 heterocycles. The number of anilines is 1. The van der Waals surface area contributed by atoms with Gasteiger partial charge in [-0.2, -0.15) is 0 Å². The Bertz CT molecular complexity index is 611. The lowest BCUT2D eigenvalue weighted by atomic mass is 10.1. The van der Waals surface area contributed by atoms with Crippen molar-refractivity contribution in [2.45, 2.75) is 4.21 Å². The molecule has 0 saturated heterocycles. The quantitative estimate of drug-likeness (QED) is 0.862. The number of amides is 1. The van der Waals surface area contributed by atoms with E-state index >= 15 is 0 Å². The van der Waals surface area contributed by atoms with Crippen LogP contribution in [-0.4, -0.2) is 29.8 Å². The molecule has 0 aliphatic heterocycles. The summed E-state index contributed by atoms with van der Waals surface area (Å²) in [6.45, 7) is 0. The summed E-state index contributed by atoms with van der Waals surface area (Å²) in [6.07, 6.45) is 0. The lowest BCUT2D eigenvalue weighted by molar-refractivity contribution is -0.115. The number of rotatable bonds is 5. The minimum absolute atomic E-state index is 0.128. The van der Waals surface area contributed by atoms with E-state index in [2.05, 4.69) is 0 Å². The third-order valence-corrected chi connectivity index (χ3v) is 4.82. The van der Waals surface area contributed by atoms with Gasteiger partial charge in [-0.3, -0.25) is 4.79 Å². The van der Waals surface area contributed by atoms with Crippen molar-refractivity contribution < 1.29 is 14.7 Å². The second-order valence-corrected chi connectivity index (χ2v) is 6.22. The molecule has 0 radical (unpaired) electrons. The van der Waals surface area contributed by atoms with Gasteiger partial charge in [-0.15, -0.1) is 23.1 Å². The third kappa shape index (κ3) is 3.40. The Hall–Kier alpha value is -1.79. The van der Waals surface area contributed by atoms with Gasteiger partial charge in [0.05, 0.1) is 21.2 Å². The summed E-state index contributed by atoms with van der Waals surface area (Å²) in [5, 5.41) is 11.1. The molecule has 1 aromatic carbocycles. The second-order valence-electron chi connectivity index (χ2n) is 4.00. The van der Waals surface area contributed by atoms with Crippen LogP contribution in [-0.2, 0) is 4.79 Å². The normalized spacial score (nSPS) is 10.2. The van der Waals surface area contributed by atoms with Crippen LogP contribution in [0.5, 0.6) is 0 Å². The molecule has 0 fully saturated rings. The molecule has 1 aromatic heterocycles. The van der Waals surface area contributed by atoms with Gasteiger partial charge in [0.15, 0.2) is 0 Å². The summed E-state index contributed by atoms with van der Waals surface area (Å²) in [5.74, 6) is -0.881. The van der Waals surface area contributed by atoms with Crippen LogP contribution < -0.4 is 4.90 Å². The zero-order valence-electron chi connectivity index (χ0n) is 10.8. The fourth-order valence-corrected chi connectivity index (χ4v) is 3.35. The minimum Gasteiger partial charge on any atom is -0.478 e. The summed E-state index contributed by atoms with van der Waals surface area (Å²) in [5.41, 5.74) is 0.543. The van der Waals surface area contributed by atoms with Crippen LogP contribution in [0.15, 0.2) is 46.0 Å². The van der Waals surface area contributed by atoms with Crippen molar-refractivity contribution in [3.8, 4) is 0 Å². The molecule has 0 aliphatic rings. The van der Waals surface area contributed by atoms with Gasteiger partial charge >= 0.3 is 5.97 Å². The monoisotopic (exact) mass is 307 g/mol. The first kappa shape index (κ1) is 14.6. The molecule has 0 spiro atoms. The Kier molecular flexibility index (Phi) is 4.81. The van der Waals surface area contributed by atoms with E-state index in [0.29, 0.717) is 5.69 Å². The number of para-hydroxylation sites is 1. The Morgan fingerprint density at radius 3 is 2.65 bits per heavy atom. The van der Waals surface area contributed by atoms with Gasteiger partial charge in [0.25, 0.3) is 0 Å². The molecule has 0 unspecified atom stereocenters. The number of thiophene rings is 1. The third-order valence-electron chi connectivity index (χ3n) is 2.70.